The average molecular weight is 348 g/mol. The highest BCUT2D eigenvalue weighted by molar-refractivity contribution is 9.10. The first-order chi connectivity index (χ1) is 10.0. The van der Waals surface area contributed by atoms with Crippen LogP contribution >= 0.6 is 15.9 Å². The SMILES string of the molecule is CNC(Cc1ccc(OC)c(Br)c1)c1ccc(C)cc1C. The van der Waals surface area contributed by atoms with Gasteiger partial charge in [-0.3, -0.25) is 0 Å². The summed E-state index contributed by atoms with van der Waals surface area (Å²) < 4.78 is 6.28. The molecule has 2 aromatic carbocycles. The number of benzene rings is 2. The highest BCUT2D eigenvalue weighted by Crippen LogP contribution is 2.28. The molecule has 2 aromatic rings. The predicted molar refractivity (Wildman–Crippen MR) is 92.1 cm³/mol. The number of methoxy groups -OCH3 is 1. The Kier molecular flexibility index (Phi) is 5.43. The fraction of sp³-hybridized carbons (Fsp3) is 0.333. The predicted octanol–water partition coefficient (Wildman–Crippen LogP) is 4.58. The Balaban J connectivity index is 2.24. The third kappa shape index (κ3) is 3.86. The highest BCUT2D eigenvalue weighted by Gasteiger charge is 2.13. The van der Waals surface area contributed by atoms with Crippen LogP contribution in [-0.2, 0) is 6.42 Å². The maximum absolute atomic E-state index is 5.29. The third-order valence-electron chi connectivity index (χ3n) is 3.81. The second-order valence-corrected chi connectivity index (χ2v) is 6.23. The van der Waals surface area contributed by atoms with Gasteiger partial charge in [-0.25, -0.2) is 0 Å². The van der Waals surface area contributed by atoms with E-state index < -0.39 is 0 Å². The van der Waals surface area contributed by atoms with Crippen LogP contribution in [0, 0.1) is 13.8 Å². The summed E-state index contributed by atoms with van der Waals surface area (Å²) in [6.07, 6.45) is 0.947. The van der Waals surface area contributed by atoms with Crippen molar-refractivity contribution < 1.29 is 4.74 Å². The lowest BCUT2D eigenvalue weighted by molar-refractivity contribution is 0.412. The van der Waals surface area contributed by atoms with Crippen molar-refractivity contribution in [3.63, 3.8) is 0 Å². The minimum atomic E-state index is 0.311. The van der Waals surface area contributed by atoms with Crippen molar-refractivity contribution in [2.75, 3.05) is 14.2 Å². The van der Waals surface area contributed by atoms with Gasteiger partial charge in [0.1, 0.15) is 5.75 Å². The second kappa shape index (κ2) is 7.10. The van der Waals surface area contributed by atoms with E-state index in [1.54, 1.807) is 7.11 Å². The zero-order chi connectivity index (χ0) is 15.4. The number of hydrogen-bond acceptors (Lipinski definition) is 2. The molecular formula is C18H22BrNO. The summed E-state index contributed by atoms with van der Waals surface area (Å²) in [7, 11) is 3.70. The van der Waals surface area contributed by atoms with Gasteiger partial charge in [-0.2, -0.15) is 0 Å². The molecule has 0 aromatic heterocycles. The smallest absolute Gasteiger partial charge is 0.133 e. The molecule has 2 rings (SSSR count). The molecule has 0 saturated heterocycles. The molecule has 0 heterocycles. The van der Waals surface area contributed by atoms with E-state index in [4.69, 9.17) is 4.74 Å². The lowest BCUT2D eigenvalue weighted by Gasteiger charge is -2.20. The average Bonchev–Trinajstić information content (AvgIpc) is 2.45. The maximum Gasteiger partial charge on any atom is 0.133 e. The van der Waals surface area contributed by atoms with Gasteiger partial charge in [0.05, 0.1) is 11.6 Å². The summed E-state index contributed by atoms with van der Waals surface area (Å²) in [6, 6.07) is 13.2. The molecule has 0 fully saturated rings. The van der Waals surface area contributed by atoms with E-state index in [1.807, 2.05) is 13.1 Å². The van der Waals surface area contributed by atoms with Crippen LogP contribution in [0.4, 0.5) is 0 Å². The first kappa shape index (κ1) is 16.1. The Morgan fingerprint density at radius 3 is 2.48 bits per heavy atom. The molecule has 1 unspecified atom stereocenters. The molecule has 112 valence electrons. The van der Waals surface area contributed by atoms with Gasteiger partial charge >= 0.3 is 0 Å². The molecule has 1 N–H and O–H groups in total. The fourth-order valence-corrected chi connectivity index (χ4v) is 3.24. The molecule has 0 bridgehead atoms. The van der Waals surface area contributed by atoms with E-state index >= 15 is 0 Å². The molecule has 0 aliphatic carbocycles. The van der Waals surface area contributed by atoms with Crippen LogP contribution in [0.5, 0.6) is 5.75 Å². The Morgan fingerprint density at radius 2 is 1.90 bits per heavy atom. The zero-order valence-corrected chi connectivity index (χ0v) is 14.6. The number of aryl methyl sites for hydroxylation is 2. The number of halogens is 1. The van der Waals surface area contributed by atoms with Crippen LogP contribution in [0.15, 0.2) is 40.9 Å². The molecule has 0 aliphatic rings. The van der Waals surface area contributed by atoms with Gasteiger partial charge < -0.3 is 10.1 Å². The van der Waals surface area contributed by atoms with Crippen LogP contribution in [0.3, 0.4) is 0 Å². The van der Waals surface area contributed by atoms with E-state index in [9.17, 15) is 0 Å². The standard InChI is InChI=1S/C18H22BrNO/c1-12-5-7-15(13(2)9-12)17(20-3)11-14-6-8-18(21-4)16(19)10-14/h5-10,17,20H,11H2,1-4H3. The first-order valence-corrected chi connectivity index (χ1v) is 7.91. The summed E-state index contributed by atoms with van der Waals surface area (Å²) in [5.41, 5.74) is 5.28. The Labute approximate surface area is 135 Å². The minimum Gasteiger partial charge on any atom is -0.496 e. The summed E-state index contributed by atoms with van der Waals surface area (Å²) in [5.74, 6) is 0.867. The molecule has 3 heteroatoms. The van der Waals surface area contributed by atoms with Crippen molar-refractivity contribution in [1.29, 1.82) is 0 Å². The van der Waals surface area contributed by atoms with Crippen LogP contribution < -0.4 is 10.1 Å². The Morgan fingerprint density at radius 1 is 1.14 bits per heavy atom. The summed E-state index contributed by atoms with van der Waals surface area (Å²) >= 11 is 3.55. The van der Waals surface area contributed by atoms with E-state index in [-0.39, 0.29) is 0 Å². The lowest BCUT2D eigenvalue weighted by Crippen LogP contribution is -2.20. The summed E-state index contributed by atoms with van der Waals surface area (Å²) in [6.45, 7) is 4.31. The van der Waals surface area contributed by atoms with Crippen LogP contribution in [0.2, 0.25) is 0 Å². The molecule has 0 amide bonds. The number of hydrogen-bond donors (Lipinski definition) is 1. The fourth-order valence-electron chi connectivity index (χ4n) is 2.66. The Hall–Kier alpha value is -1.32. The molecular weight excluding hydrogens is 326 g/mol. The Bertz CT molecular complexity index is 625. The molecule has 1 atom stereocenters. The summed E-state index contributed by atoms with van der Waals surface area (Å²) in [4.78, 5) is 0. The lowest BCUT2D eigenvalue weighted by atomic mass is 9.94. The van der Waals surface area contributed by atoms with Crippen molar-refractivity contribution in [3.05, 3.63) is 63.1 Å². The molecule has 0 saturated carbocycles. The van der Waals surface area contributed by atoms with Crippen molar-refractivity contribution >= 4 is 15.9 Å². The second-order valence-electron chi connectivity index (χ2n) is 5.37. The highest BCUT2D eigenvalue weighted by atomic mass is 79.9. The minimum absolute atomic E-state index is 0.311. The van der Waals surface area contributed by atoms with Crippen molar-refractivity contribution in [2.24, 2.45) is 0 Å². The largest absolute Gasteiger partial charge is 0.496 e. The van der Waals surface area contributed by atoms with E-state index in [0.29, 0.717) is 6.04 Å². The van der Waals surface area contributed by atoms with Crippen molar-refractivity contribution in [1.82, 2.24) is 5.32 Å². The van der Waals surface area contributed by atoms with E-state index in [0.717, 1.165) is 16.6 Å². The van der Waals surface area contributed by atoms with Crippen molar-refractivity contribution in [2.45, 2.75) is 26.3 Å². The number of rotatable bonds is 5. The number of ether oxygens (including phenoxy) is 1. The van der Waals surface area contributed by atoms with Gasteiger partial charge in [-0.1, -0.05) is 29.8 Å². The normalized spacial score (nSPS) is 12.2. The van der Waals surface area contributed by atoms with Crippen LogP contribution in [-0.4, -0.2) is 14.2 Å². The quantitative estimate of drug-likeness (QED) is 0.854. The number of likely N-dealkylation sites (N-methyl/N-ethyl adjacent to an activating group) is 1. The first-order valence-electron chi connectivity index (χ1n) is 7.12. The van der Waals surface area contributed by atoms with E-state index in [1.165, 1.54) is 22.3 Å². The number of nitrogens with one attached hydrogen (secondary N) is 1. The van der Waals surface area contributed by atoms with Gasteiger partial charge in [0, 0.05) is 6.04 Å². The van der Waals surface area contributed by atoms with Gasteiger partial charge in [0.25, 0.3) is 0 Å². The van der Waals surface area contributed by atoms with E-state index in [2.05, 4.69) is 65.4 Å². The van der Waals surface area contributed by atoms with Gasteiger partial charge in [0.2, 0.25) is 0 Å². The molecule has 0 spiro atoms. The summed E-state index contributed by atoms with van der Waals surface area (Å²) in [5, 5.41) is 3.43. The van der Waals surface area contributed by atoms with Gasteiger partial charge in [-0.15, -0.1) is 0 Å². The monoisotopic (exact) mass is 347 g/mol. The maximum atomic E-state index is 5.29. The van der Waals surface area contributed by atoms with Crippen LogP contribution in [0.25, 0.3) is 0 Å². The third-order valence-corrected chi connectivity index (χ3v) is 4.42. The molecule has 2 nitrogen and oxygen atoms in total. The van der Waals surface area contributed by atoms with Crippen LogP contribution in [0.1, 0.15) is 28.3 Å². The van der Waals surface area contributed by atoms with Gasteiger partial charge in [-0.05, 0) is 72.1 Å². The molecule has 0 radical (unpaired) electrons. The molecule has 21 heavy (non-hydrogen) atoms. The van der Waals surface area contributed by atoms with Crippen molar-refractivity contribution in [3.8, 4) is 5.75 Å². The topological polar surface area (TPSA) is 21.3 Å². The zero-order valence-electron chi connectivity index (χ0n) is 13.0. The van der Waals surface area contributed by atoms with Gasteiger partial charge in [0.15, 0.2) is 0 Å². The molecule has 0 aliphatic heterocycles.